The highest BCUT2D eigenvalue weighted by molar-refractivity contribution is 5.30. The van der Waals surface area contributed by atoms with E-state index in [-0.39, 0.29) is 22.5 Å². The highest BCUT2D eigenvalue weighted by Gasteiger charge is 2.26. The highest BCUT2D eigenvalue weighted by Crippen LogP contribution is 2.24. The molecule has 4 nitrogen and oxygen atoms in total. The van der Waals surface area contributed by atoms with Gasteiger partial charge in [-0.3, -0.25) is 19.4 Å². The minimum Gasteiger partial charge on any atom is -0.268 e. The molecular formula is C12H20N2O2. The van der Waals surface area contributed by atoms with Gasteiger partial charge in [-0.1, -0.05) is 34.6 Å². The number of aromatic amines is 1. The fraction of sp³-hybridized carbons (Fsp3) is 0.667. The molecule has 1 aromatic rings. The molecule has 0 saturated heterocycles. The van der Waals surface area contributed by atoms with Crippen molar-refractivity contribution in [2.75, 3.05) is 0 Å². The van der Waals surface area contributed by atoms with Gasteiger partial charge in [-0.15, -0.1) is 0 Å². The zero-order valence-corrected chi connectivity index (χ0v) is 10.8. The number of nitrogens with zero attached hydrogens (tertiary/aromatic N) is 1. The summed E-state index contributed by atoms with van der Waals surface area (Å²) >= 11 is 0. The van der Waals surface area contributed by atoms with Crippen LogP contribution in [0.1, 0.15) is 51.7 Å². The minimum absolute atomic E-state index is 0.0480. The van der Waals surface area contributed by atoms with Crippen LogP contribution in [0.5, 0.6) is 0 Å². The van der Waals surface area contributed by atoms with Crippen LogP contribution in [0, 0.1) is 0 Å². The molecule has 0 bridgehead atoms. The Morgan fingerprint density at radius 3 is 2.06 bits per heavy atom. The van der Waals surface area contributed by atoms with Crippen LogP contribution in [0.2, 0.25) is 0 Å². The second kappa shape index (κ2) is 3.92. The van der Waals surface area contributed by atoms with E-state index in [9.17, 15) is 9.59 Å². The summed E-state index contributed by atoms with van der Waals surface area (Å²) in [6.45, 7) is 9.72. The molecule has 0 aliphatic rings. The molecule has 90 valence electrons. The fourth-order valence-electron chi connectivity index (χ4n) is 1.94. The van der Waals surface area contributed by atoms with Crippen LogP contribution in [0.3, 0.4) is 0 Å². The molecule has 0 aliphatic carbocycles. The maximum absolute atomic E-state index is 12.1. The number of nitrogens with one attached hydrogen (secondary N) is 1. The van der Waals surface area contributed by atoms with Crippen molar-refractivity contribution in [1.29, 1.82) is 0 Å². The van der Waals surface area contributed by atoms with Gasteiger partial charge in [0.2, 0.25) is 0 Å². The average Bonchev–Trinajstić information content (AvgIpc) is 2.07. The van der Waals surface area contributed by atoms with Crippen molar-refractivity contribution in [1.82, 2.24) is 9.78 Å². The van der Waals surface area contributed by atoms with Crippen LogP contribution in [0.4, 0.5) is 0 Å². The molecule has 0 atom stereocenters. The quantitative estimate of drug-likeness (QED) is 0.785. The summed E-state index contributed by atoms with van der Waals surface area (Å²) in [5.74, 6) is 0.0480. The molecule has 1 N–H and O–H groups in total. The molecule has 16 heavy (non-hydrogen) atoms. The Labute approximate surface area is 95.3 Å². The number of hydrogen-bond acceptors (Lipinski definition) is 2. The summed E-state index contributed by atoms with van der Waals surface area (Å²) < 4.78 is 1.26. The standard InChI is InChI=1S/C12H20N2O2/c1-7(2)8-9(12(3,4)5)11(16)14(6)13-10(8)15/h7H,1-6H3,(H,13,15). The SMILES string of the molecule is CC(C)c1c(C(C)(C)C)c(=O)n(C)[nH]c1=O. The van der Waals surface area contributed by atoms with Crippen molar-refractivity contribution in [3.8, 4) is 0 Å². The molecule has 4 heteroatoms. The maximum atomic E-state index is 12.1. The van der Waals surface area contributed by atoms with E-state index in [1.165, 1.54) is 4.68 Å². The fourth-order valence-corrected chi connectivity index (χ4v) is 1.94. The third kappa shape index (κ3) is 2.10. The summed E-state index contributed by atoms with van der Waals surface area (Å²) in [4.78, 5) is 24.0. The van der Waals surface area contributed by atoms with Crippen molar-refractivity contribution in [3.05, 3.63) is 31.8 Å². The van der Waals surface area contributed by atoms with E-state index in [4.69, 9.17) is 0 Å². The number of H-pyrrole nitrogens is 1. The largest absolute Gasteiger partial charge is 0.268 e. The highest BCUT2D eigenvalue weighted by atomic mass is 16.2. The molecule has 1 heterocycles. The van der Waals surface area contributed by atoms with E-state index in [1.54, 1.807) is 7.05 Å². The zero-order chi connectivity index (χ0) is 12.7. The van der Waals surface area contributed by atoms with Crippen molar-refractivity contribution in [2.24, 2.45) is 7.05 Å². The molecule has 0 amide bonds. The molecule has 0 fully saturated rings. The Bertz CT molecular complexity index is 501. The third-order valence-electron chi connectivity index (χ3n) is 2.63. The van der Waals surface area contributed by atoms with Crippen LogP contribution in [0.15, 0.2) is 9.59 Å². The van der Waals surface area contributed by atoms with Gasteiger partial charge in [0.25, 0.3) is 11.1 Å². The first-order valence-corrected chi connectivity index (χ1v) is 5.50. The number of rotatable bonds is 1. The van der Waals surface area contributed by atoms with Crippen LogP contribution < -0.4 is 11.1 Å². The molecule has 0 radical (unpaired) electrons. The van der Waals surface area contributed by atoms with Crippen molar-refractivity contribution in [3.63, 3.8) is 0 Å². The minimum atomic E-state index is -0.317. The Kier molecular flexibility index (Phi) is 3.13. The summed E-state index contributed by atoms with van der Waals surface area (Å²) in [5, 5.41) is 2.55. The molecule has 0 unspecified atom stereocenters. The lowest BCUT2D eigenvalue weighted by Crippen LogP contribution is -2.39. The first-order chi connectivity index (χ1) is 7.16. The molecule has 0 spiro atoms. The monoisotopic (exact) mass is 224 g/mol. The topological polar surface area (TPSA) is 54.9 Å². The van der Waals surface area contributed by atoms with Crippen molar-refractivity contribution >= 4 is 0 Å². The van der Waals surface area contributed by atoms with Gasteiger partial charge >= 0.3 is 0 Å². The molecule has 0 saturated carbocycles. The van der Waals surface area contributed by atoms with Gasteiger partial charge in [0.15, 0.2) is 0 Å². The Balaban J connectivity index is 3.81. The Morgan fingerprint density at radius 2 is 1.69 bits per heavy atom. The average molecular weight is 224 g/mol. The van der Waals surface area contributed by atoms with Crippen molar-refractivity contribution < 1.29 is 0 Å². The van der Waals surface area contributed by atoms with E-state index >= 15 is 0 Å². The molecule has 1 aromatic heterocycles. The molecule has 0 aliphatic heterocycles. The lowest BCUT2D eigenvalue weighted by molar-refractivity contribution is 0.537. The lowest BCUT2D eigenvalue weighted by Gasteiger charge is -2.23. The van der Waals surface area contributed by atoms with Gasteiger partial charge < -0.3 is 0 Å². The van der Waals surface area contributed by atoms with E-state index in [0.29, 0.717) is 11.1 Å². The molecular weight excluding hydrogens is 204 g/mol. The van der Waals surface area contributed by atoms with E-state index in [1.807, 2.05) is 34.6 Å². The smallest absolute Gasteiger partial charge is 0.268 e. The van der Waals surface area contributed by atoms with E-state index < -0.39 is 0 Å². The third-order valence-corrected chi connectivity index (χ3v) is 2.63. The Morgan fingerprint density at radius 1 is 1.19 bits per heavy atom. The zero-order valence-electron chi connectivity index (χ0n) is 10.8. The normalized spacial score (nSPS) is 12.2. The Hall–Kier alpha value is -1.32. The van der Waals surface area contributed by atoms with Gasteiger partial charge in [-0.05, 0) is 11.3 Å². The second-order valence-corrected chi connectivity index (χ2v) is 5.50. The van der Waals surface area contributed by atoms with Crippen LogP contribution >= 0.6 is 0 Å². The first-order valence-electron chi connectivity index (χ1n) is 5.50. The molecule has 1 rings (SSSR count). The van der Waals surface area contributed by atoms with Gasteiger partial charge in [-0.25, -0.2) is 0 Å². The maximum Gasteiger partial charge on any atom is 0.268 e. The van der Waals surface area contributed by atoms with Crippen molar-refractivity contribution in [2.45, 2.75) is 46.0 Å². The predicted molar refractivity (Wildman–Crippen MR) is 65.1 cm³/mol. The predicted octanol–water partition coefficient (Wildman–Crippen LogP) is 1.49. The summed E-state index contributed by atoms with van der Waals surface area (Å²) in [5.41, 5.74) is 0.630. The number of aryl methyl sites for hydroxylation is 1. The van der Waals surface area contributed by atoms with E-state index in [0.717, 1.165) is 0 Å². The molecule has 0 aromatic carbocycles. The number of hydrogen-bond donors (Lipinski definition) is 1. The van der Waals surface area contributed by atoms with Gasteiger partial charge in [-0.2, -0.15) is 0 Å². The van der Waals surface area contributed by atoms with Gasteiger partial charge in [0, 0.05) is 18.2 Å². The number of aromatic nitrogens is 2. The lowest BCUT2D eigenvalue weighted by atomic mass is 9.82. The first kappa shape index (κ1) is 12.7. The van der Waals surface area contributed by atoms with Gasteiger partial charge in [0.05, 0.1) is 0 Å². The summed E-state index contributed by atoms with van der Waals surface area (Å²) in [7, 11) is 1.57. The second-order valence-electron chi connectivity index (χ2n) is 5.50. The summed E-state index contributed by atoms with van der Waals surface area (Å²) in [6.07, 6.45) is 0. The van der Waals surface area contributed by atoms with Gasteiger partial charge in [0.1, 0.15) is 0 Å². The van der Waals surface area contributed by atoms with E-state index in [2.05, 4.69) is 5.10 Å². The van der Waals surface area contributed by atoms with Crippen LogP contribution in [-0.4, -0.2) is 9.78 Å². The van der Waals surface area contributed by atoms with Crippen LogP contribution in [0.25, 0.3) is 0 Å². The summed E-state index contributed by atoms with van der Waals surface area (Å²) in [6, 6.07) is 0. The van der Waals surface area contributed by atoms with Crippen LogP contribution in [-0.2, 0) is 12.5 Å².